The van der Waals surface area contributed by atoms with Crippen LogP contribution in [0.4, 0.5) is 0 Å². The number of amides is 1. The minimum atomic E-state index is -1.06. The molecule has 23 heavy (non-hydrogen) atoms. The molecular formula is C18H15NO4. The average Bonchev–Trinajstić information content (AvgIpc) is 2.93. The first-order valence-electron chi connectivity index (χ1n) is 7.12. The number of furan rings is 1. The van der Waals surface area contributed by atoms with Crippen LogP contribution in [0.25, 0.3) is 22.3 Å². The van der Waals surface area contributed by atoms with E-state index in [2.05, 4.69) is 0 Å². The quantitative estimate of drug-likeness (QED) is 0.803. The second kappa shape index (κ2) is 5.96. The molecule has 0 radical (unpaired) electrons. The number of benzene rings is 2. The molecule has 0 saturated heterocycles. The third-order valence-electron chi connectivity index (χ3n) is 3.56. The van der Waals surface area contributed by atoms with Crippen molar-refractivity contribution in [3.8, 4) is 11.3 Å². The number of carbonyl (C=O) groups excluding carboxylic acids is 1. The van der Waals surface area contributed by atoms with Crippen molar-refractivity contribution in [2.24, 2.45) is 0 Å². The highest BCUT2D eigenvalue weighted by atomic mass is 16.4. The van der Waals surface area contributed by atoms with Crippen LogP contribution in [0.3, 0.4) is 0 Å². The van der Waals surface area contributed by atoms with Crippen molar-refractivity contribution in [1.29, 1.82) is 0 Å². The van der Waals surface area contributed by atoms with E-state index in [0.717, 1.165) is 5.56 Å². The highest BCUT2D eigenvalue weighted by Crippen LogP contribution is 2.34. The van der Waals surface area contributed by atoms with Crippen LogP contribution in [-0.2, 0) is 4.79 Å². The summed E-state index contributed by atoms with van der Waals surface area (Å²) in [5.74, 6) is -0.986. The molecule has 2 aromatic carbocycles. The van der Waals surface area contributed by atoms with Crippen LogP contribution in [0.2, 0.25) is 0 Å². The molecule has 0 aliphatic carbocycles. The normalized spacial score (nSPS) is 10.7. The summed E-state index contributed by atoms with van der Waals surface area (Å²) in [5, 5.41) is 9.59. The number of aliphatic carboxylic acids is 1. The van der Waals surface area contributed by atoms with E-state index in [4.69, 9.17) is 9.52 Å². The van der Waals surface area contributed by atoms with E-state index in [1.54, 1.807) is 12.1 Å². The monoisotopic (exact) mass is 309 g/mol. The van der Waals surface area contributed by atoms with Crippen molar-refractivity contribution < 1.29 is 19.1 Å². The lowest BCUT2D eigenvalue weighted by atomic mass is 10.0. The molecule has 0 spiro atoms. The van der Waals surface area contributed by atoms with Crippen molar-refractivity contribution in [3.05, 3.63) is 60.2 Å². The number of para-hydroxylation sites is 1. The van der Waals surface area contributed by atoms with Crippen LogP contribution in [0.5, 0.6) is 0 Å². The maximum absolute atomic E-state index is 12.8. The molecule has 1 N–H and O–H groups in total. The Morgan fingerprint density at radius 2 is 1.70 bits per heavy atom. The molecule has 1 aromatic heterocycles. The highest BCUT2D eigenvalue weighted by molar-refractivity contribution is 6.11. The average molecular weight is 309 g/mol. The fourth-order valence-corrected chi connectivity index (χ4v) is 2.52. The number of likely N-dealkylation sites (N-methyl/N-ethyl adjacent to an activating group) is 1. The van der Waals surface area contributed by atoms with Gasteiger partial charge in [0.15, 0.2) is 0 Å². The molecule has 0 fully saturated rings. The number of carboxylic acid groups (broad SMARTS) is 1. The highest BCUT2D eigenvalue weighted by Gasteiger charge is 2.25. The molecule has 0 saturated carbocycles. The molecule has 3 rings (SSSR count). The maximum Gasteiger partial charge on any atom is 0.323 e. The molecule has 3 aromatic rings. The van der Waals surface area contributed by atoms with Gasteiger partial charge in [0.1, 0.15) is 17.9 Å². The summed E-state index contributed by atoms with van der Waals surface area (Å²) in [7, 11) is 1.47. The van der Waals surface area contributed by atoms with Crippen molar-refractivity contribution in [3.63, 3.8) is 0 Å². The molecule has 0 unspecified atom stereocenters. The zero-order chi connectivity index (χ0) is 16.4. The van der Waals surface area contributed by atoms with E-state index in [1.807, 2.05) is 42.5 Å². The van der Waals surface area contributed by atoms with Crippen molar-refractivity contribution in [2.45, 2.75) is 0 Å². The predicted octanol–water partition coefficient (Wildman–Crippen LogP) is 3.26. The van der Waals surface area contributed by atoms with Crippen molar-refractivity contribution >= 4 is 22.8 Å². The summed E-state index contributed by atoms with van der Waals surface area (Å²) in [6, 6.07) is 16.5. The molecule has 1 heterocycles. The minimum Gasteiger partial charge on any atom is -0.480 e. The number of carbonyl (C=O) groups is 2. The second-order valence-corrected chi connectivity index (χ2v) is 5.22. The minimum absolute atomic E-state index is 0.368. The van der Waals surface area contributed by atoms with Gasteiger partial charge in [0, 0.05) is 18.0 Å². The molecule has 0 aliphatic rings. The molecule has 1 amide bonds. The van der Waals surface area contributed by atoms with Crippen LogP contribution in [-0.4, -0.2) is 35.5 Å². The van der Waals surface area contributed by atoms with Gasteiger partial charge in [-0.3, -0.25) is 9.59 Å². The molecule has 0 aliphatic heterocycles. The van der Waals surface area contributed by atoms with Crippen molar-refractivity contribution in [1.82, 2.24) is 4.90 Å². The van der Waals surface area contributed by atoms with Gasteiger partial charge in [-0.25, -0.2) is 0 Å². The van der Waals surface area contributed by atoms with Gasteiger partial charge in [0.2, 0.25) is 0 Å². The molecular weight excluding hydrogens is 294 g/mol. The van der Waals surface area contributed by atoms with E-state index in [0.29, 0.717) is 22.3 Å². The lowest BCUT2D eigenvalue weighted by Crippen LogP contribution is -2.32. The second-order valence-electron chi connectivity index (χ2n) is 5.22. The standard InChI is InChI=1S/C18H15NO4/c1-19(11-15(20)21)18(22)16-13-9-5-6-10-14(13)23-17(16)12-7-3-2-4-8-12/h2-10H,11H2,1H3,(H,20,21). The third kappa shape index (κ3) is 2.81. The van der Waals surface area contributed by atoms with Crippen LogP contribution in [0.1, 0.15) is 10.4 Å². The smallest absolute Gasteiger partial charge is 0.323 e. The van der Waals surface area contributed by atoms with E-state index in [9.17, 15) is 9.59 Å². The summed E-state index contributed by atoms with van der Waals surface area (Å²) in [6.45, 7) is -0.368. The molecule has 0 atom stereocenters. The fraction of sp³-hybridized carbons (Fsp3) is 0.111. The first-order valence-corrected chi connectivity index (χ1v) is 7.12. The summed E-state index contributed by atoms with van der Waals surface area (Å²) < 4.78 is 5.87. The fourth-order valence-electron chi connectivity index (χ4n) is 2.52. The summed E-state index contributed by atoms with van der Waals surface area (Å²) >= 11 is 0. The zero-order valence-corrected chi connectivity index (χ0v) is 12.5. The topological polar surface area (TPSA) is 70.8 Å². The van der Waals surface area contributed by atoms with Gasteiger partial charge in [-0.05, 0) is 6.07 Å². The Hall–Kier alpha value is -3.08. The van der Waals surface area contributed by atoms with Gasteiger partial charge in [-0.1, -0.05) is 48.5 Å². The Morgan fingerprint density at radius 1 is 1.04 bits per heavy atom. The van der Waals surface area contributed by atoms with E-state index in [1.165, 1.54) is 11.9 Å². The van der Waals surface area contributed by atoms with Crippen LogP contribution >= 0.6 is 0 Å². The Balaban J connectivity index is 2.17. The first-order chi connectivity index (χ1) is 11.1. The largest absolute Gasteiger partial charge is 0.480 e. The summed E-state index contributed by atoms with van der Waals surface area (Å²) in [4.78, 5) is 24.8. The van der Waals surface area contributed by atoms with E-state index >= 15 is 0 Å². The Bertz CT molecular complexity index is 867. The molecule has 5 nitrogen and oxygen atoms in total. The van der Waals surface area contributed by atoms with E-state index in [-0.39, 0.29) is 12.5 Å². The van der Waals surface area contributed by atoms with Crippen LogP contribution in [0.15, 0.2) is 59.0 Å². The number of hydrogen-bond donors (Lipinski definition) is 1. The molecule has 5 heteroatoms. The number of nitrogens with zero attached hydrogens (tertiary/aromatic N) is 1. The van der Waals surface area contributed by atoms with Gasteiger partial charge >= 0.3 is 5.97 Å². The predicted molar refractivity (Wildman–Crippen MR) is 86.2 cm³/mol. The van der Waals surface area contributed by atoms with Gasteiger partial charge in [-0.2, -0.15) is 0 Å². The number of hydrogen-bond acceptors (Lipinski definition) is 3. The number of rotatable bonds is 4. The van der Waals surface area contributed by atoms with Gasteiger partial charge in [0.25, 0.3) is 5.91 Å². The molecule has 116 valence electrons. The number of carboxylic acids is 1. The number of fused-ring (bicyclic) bond motifs is 1. The zero-order valence-electron chi connectivity index (χ0n) is 12.5. The van der Waals surface area contributed by atoms with Crippen molar-refractivity contribution in [2.75, 3.05) is 13.6 Å². The Kier molecular flexibility index (Phi) is 3.85. The van der Waals surface area contributed by atoms with Gasteiger partial charge < -0.3 is 14.4 Å². The summed E-state index contributed by atoms with van der Waals surface area (Å²) in [6.07, 6.45) is 0. The lowest BCUT2D eigenvalue weighted by molar-refractivity contribution is -0.137. The Morgan fingerprint density at radius 3 is 2.39 bits per heavy atom. The first kappa shape index (κ1) is 14.8. The van der Waals surface area contributed by atoms with Gasteiger partial charge in [-0.15, -0.1) is 0 Å². The SMILES string of the molecule is CN(CC(=O)O)C(=O)c1c(-c2ccccc2)oc2ccccc12. The van der Waals surface area contributed by atoms with Crippen LogP contribution < -0.4 is 0 Å². The third-order valence-corrected chi connectivity index (χ3v) is 3.56. The van der Waals surface area contributed by atoms with Gasteiger partial charge in [0.05, 0.1) is 5.56 Å². The Labute approximate surface area is 132 Å². The lowest BCUT2D eigenvalue weighted by Gasteiger charge is -2.14. The van der Waals surface area contributed by atoms with E-state index < -0.39 is 5.97 Å². The summed E-state index contributed by atoms with van der Waals surface area (Å²) in [5.41, 5.74) is 1.75. The molecule has 0 bridgehead atoms. The maximum atomic E-state index is 12.8. The van der Waals surface area contributed by atoms with Crippen LogP contribution in [0, 0.1) is 0 Å².